The highest BCUT2D eigenvalue weighted by Crippen LogP contribution is 2.49. The van der Waals surface area contributed by atoms with E-state index in [9.17, 15) is 4.79 Å². The van der Waals surface area contributed by atoms with Gasteiger partial charge in [-0.05, 0) is 42.6 Å². The molecule has 1 aliphatic heterocycles. The van der Waals surface area contributed by atoms with Gasteiger partial charge in [-0.25, -0.2) is 0 Å². The molecule has 4 unspecified atom stereocenters. The molecule has 2 saturated carbocycles. The van der Waals surface area contributed by atoms with Crippen LogP contribution in [0.3, 0.4) is 0 Å². The summed E-state index contributed by atoms with van der Waals surface area (Å²) in [6.07, 6.45) is 6.25. The summed E-state index contributed by atoms with van der Waals surface area (Å²) in [5.41, 5.74) is 1.18. The highest BCUT2D eigenvalue weighted by molar-refractivity contribution is 5.76. The summed E-state index contributed by atoms with van der Waals surface area (Å²) in [6, 6.07) is 10.3. The first-order chi connectivity index (χ1) is 10.8. The van der Waals surface area contributed by atoms with Crippen molar-refractivity contribution in [3.8, 4) is 0 Å². The van der Waals surface area contributed by atoms with Gasteiger partial charge in [-0.15, -0.1) is 0 Å². The van der Waals surface area contributed by atoms with Crippen LogP contribution in [0.1, 0.15) is 43.8 Å². The summed E-state index contributed by atoms with van der Waals surface area (Å²) in [6.45, 7) is 2.12. The minimum atomic E-state index is 0.0407. The molecule has 3 fully saturated rings. The Morgan fingerprint density at radius 2 is 2.05 bits per heavy atom. The molecule has 4 rings (SSSR count). The normalized spacial score (nSPS) is 34.1. The van der Waals surface area contributed by atoms with E-state index in [0.29, 0.717) is 25.0 Å². The van der Waals surface area contributed by atoms with Gasteiger partial charge >= 0.3 is 0 Å². The number of nitrogens with zero attached hydrogens (tertiary/aromatic N) is 1. The van der Waals surface area contributed by atoms with Crippen LogP contribution in [0.2, 0.25) is 0 Å². The van der Waals surface area contributed by atoms with Crippen molar-refractivity contribution in [2.75, 3.05) is 19.7 Å². The molecule has 1 amide bonds. The summed E-state index contributed by atoms with van der Waals surface area (Å²) >= 11 is 0. The van der Waals surface area contributed by atoms with E-state index in [1.807, 2.05) is 23.1 Å². The Morgan fingerprint density at radius 1 is 1.18 bits per heavy atom. The third kappa shape index (κ3) is 2.79. The first kappa shape index (κ1) is 14.3. The van der Waals surface area contributed by atoms with Crippen LogP contribution in [0, 0.1) is 17.8 Å². The van der Waals surface area contributed by atoms with Gasteiger partial charge < -0.3 is 9.64 Å². The molecule has 3 nitrogen and oxygen atoms in total. The molecule has 118 valence electrons. The van der Waals surface area contributed by atoms with Gasteiger partial charge in [-0.1, -0.05) is 36.8 Å². The second-order valence-electron chi connectivity index (χ2n) is 7.25. The zero-order valence-electron chi connectivity index (χ0n) is 13.1. The van der Waals surface area contributed by atoms with Crippen molar-refractivity contribution in [1.82, 2.24) is 4.90 Å². The van der Waals surface area contributed by atoms with E-state index in [0.717, 1.165) is 24.8 Å². The Balaban J connectivity index is 1.36. The molecule has 4 atom stereocenters. The van der Waals surface area contributed by atoms with Crippen LogP contribution in [-0.2, 0) is 9.53 Å². The second kappa shape index (κ2) is 6.04. The van der Waals surface area contributed by atoms with Gasteiger partial charge in [0.05, 0.1) is 13.2 Å². The Morgan fingerprint density at radius 3 is 2.77 bits per heavy atom. The topological polar surface area (TPSA) is 29.5 Å². The van der Waals surface area contributed by atoms with Crippen molar-refractivity contribution in [3.05, 3.63) is 35.9 Å². The molecule has 3 aliphatic rings. The molecule has 0 radical (unpaired) electrons. The maximum absolute atomic E-state index is 12.7. The number of ether oxygens (including phenoxy) is 1. The number of benzene rings is 1. The Hall–Kier alpha value is -1.35. The number of amides is 1. The average molecular weight is 299 g/mol. The molecule has 22 heavy (non-hydrogen) atoms. The Kier molecular flexibility index (Phi) is 3.91. The fourth-order valence-corrected chi connectivity index (χ4v) is 4.73. The van der Waals surface area contributed by atoms with Gasteiger partial charge in [0.1, 0.15) is 6.10 Å². The van der Waals surface area contributed by atoms with Crippen molar-refractivity contribution in [3.63, 3.8) is 0 Å². The predicted molar refractivity (Wildman–Crippen MR) is 85.3 cm³/mol. The van der Waals surface area contributed by atoms with E-state index in [1.165, 1.54) is 31.2 Å². The zero-order chi connectivity index (χ0) is 14.9. The molecule has 1 saturated heterocycles. The maximum Gasteiger partial charge on any atom is 0.223 e. The Bertz CT molecular complexity index is 529. The summed E-state index contributed by atoms with van der Waals surface area (Å²) in [5.74, 6) is 2.76. The molecule has 1 heterocycles. The molecule has 2 aliphatic carbocycles. The molecule has 0 aromatic heterocycles. The third-order valence-corrected chi connectivity index (χ3v) is 5.91. The SMILES string of the molecule is O=C(CC1CC2CCC1C2)N1CCOC(c2ccccc2)C1. The summed E-state index contributed by atoms with van der Waals surface area (Å²) < 4.78 is 5.87. The van der Waals surface area contributed by atoms with Crippen molar-refractivity contribution >= 4 is 5.91 Å². The van der Waals surface area contributed by atoms with Crippen LogP contribution < -0.4 is 0 Å². The predicted octanol–water partition coefficient (Wildman–Crippen LogP) is 3.41. The van der Waals surface area contributed by atoms with Crippen LogP contribution in [0.25, 0.3) is 0 Å². The number of carbonyl (C=O) groups is 1. The van der Waals surface area contributed by atoms with E-state index in [4.69, 9.17) is 4.74 Å². The number of fused-ring (bicyclic) bond motifs is 2. The van der Waals surface area contributed by atoms with Gasteiger partial charge in [-0.3, -0.25) is 4.79 Å². The number of carbonyl (C=O) groups excluding carboxylic acids is 1. The largest absolute Gasteiger partial charge is 0.370 e. The standard InChI is InChI=1S/C19H25NO2/c21-19(12-17-11-14-6-7-16(17)10-14)20-8-9-22-18(13-20)15-4-2-1-3-5-15/h1-5,14,16-18H,6-13H2. The lowest BCUT2D eigenvalue weighted by Crippen LogP contribution is -2.43. The van der Waals surface area contributed by atoms with Gasteiger partial charge in [0.2, 0.25) is 5.91 Å². The molecule has 1 aromatic rings. The van der Waals surface area contributed by atoms with Crippen LogP contribution in [0.4, 0.5) is 0 Å². The fourth-order valence-electron chi connectivity index (χ4n) is 4.73. The van der Waals surface area contributed by atoms with Crippen molar-refractivity contribution in [1.29, 1.82) is 0 Å². The fraction of sp³-hybridized carbons (Fsp3) is 0.632. The average Bonchev–Trinajstić information content (AvgIpc) is 3.19. The molecule has 0 N–H and O–H groups in total. The number of rotatable bonds is 3. The minimum Gasteiger partial charge on any atom is -0.370 e. The molecule has 2 bridgehead atoms. The quantitative estimate of drug-likeness (QED) is 0.856. The molecule has 3 heteroatoms. The third-order valence-electron chi connectivity index (χ3n) is 5.91. The van der Waals surface area contributed by atoms with Crippen LogP contribution >= 0.6 is 0 Å². The monoisotopic (exact) mass is 299 g/mol. The minimum absolute atomic E-state index is 0.0407. The van der Waals surface area contributed by atoms with Gasteiger partial charge in [0, 0.05) is 13.0 Å². The summed E-state index contributed by atoms with van der Waals surface area (Å²) in [5, 5.41) is 0. The zero-order valence-corrected chi connectivity index (χ0v) is 13.1. The van der Waals surface area contributed by atoms with Crippen LogP contribution in [0.5, 0.6) is 0 Å². The molecule has 1 aromatic carbocycles. The van der Waals surface area contributed by atoms with Crippen molar-refractivity contribution in [2.45, 2.75) is 38.2 Å². The first-order valence-corrected chi connectivity index (χ1v) is 8.74. The number of morpholine rings is 1. The number of hydrogen-bond donors (Lipinski definition) is 0. The summed E-state index contributed by atoms with van der Waals surface area (Å²) in [7, 11) is 0. The van der Waals surface area contributed by atoms with E-state index < -0.39 is 0 Å². The lowest BCUT2D eigenvalue weighted by molar-refractivity contribution is -0.140. The van der Waals surface area contributed by atoms with E-state index >= 15 is 0 Å². The second-order valence-corrected chi connectivity index (χ2v) is 7.25. The van der Waals surface area contributed by atoms with Crippen molar-refractivity contribution in [2.24, 2.45) is 17.8 Å². The van der Waals surface area contributed by atoms with Gasteiger partial charge in [-0.2, -0.15) is 0 Å². The molecule has 0 spiro atoms. The maximum atomic E-state index is 12.7. The smallest absolute Gasteiger partial charge is 0.223 e. The van der Waals surface area contributed by atoms with Crippen molar-refractivity contribution < 1.29 is 9.53 Å². The highest BCUT2D eigenvalue weighted by Gasteiger charge is 2.41. The number of hydrogen-bond acceptors (Lipinski definition) is 2. The lowest BCUT2D eigenvalue weighted by Gasteiger charge is -2.34. The van der Waals surface area contributed by atoms with Crippen LogP contribution in [-0.4, -0.2) is 30.5 Å². The first-order valence-electron chi connectivity index (χ1n) is 8.74. The van der Waals surface area contributed by atoms with Gasteiger partial charge in [0.25, 0.3) is 0 Å². The highest BCUT2D eigenvalue weighted by atomic mass is 16.5. The Labute approximate surface area is 132 Å². The van der Waals surface area contributed by atoms with E-state index in [1.54, 1.807) is 0 Å². The van der Waals surface area contributed by atoms with Gasteiger partial charge in [0.15, 0.2) is 0 Å². The van der Waals surface area contributed by atoms with E-state index in [-0.39, 0.29) is 6.10 Å². The lowest BCUT2D eigenvalue weighted by atomic mass is 9.86. The summed E-state index contributed by atoms with van der Waals surface area (Å²) in [4.78, 5) is 14.7. The van der Waals surface area contributed by atoms with E-state index in [2.05, 4.69) is 12.1 Å². The molecular weight excluding hydrogens is 274 g/mol. The van der Waals surface area contributed by atoms with Crippen LogP contribution in [0.15, 0.2) is 30.3 Å². The molecular formula is C19H25NO2.